The summed E-state index contributed by atoms with van der Waals surface area (Å²) >= 11 is 1.52. The number of fused-ring (bicyclic) bond motifs is 3. The summed E-state index contributed by atoms with van der Waals surface area (Å²) in [5.74, 6) is 0.661. The molecule has 0 radical (unpaired) electrons. The molecule has 1 aromatic carbocycles. The minimum atomic E-state index is -0.515. The van der Waals surface area contributed by atoms with Crippen LogP contribution in [0.1, 0.15) is 0 Å². The van der Waals surface area contributed by atoms with Gasteiger partial charge in [0.2, 0.25) is 0 Å². The summed E-state index contributed by atoms with van der Waals surface area (Å²) in [4.78, 5) is 21.7. The number of nitrogens with two attached hydrogens (primary N) is 1. The average molecular weight is 295 g/mol. The highest BCUT2D eigenvalue weighted by atomic mass is 32.1. The monoisotopic (exact) mass is 295 g/mol. The minimum Gasteiger partial charge on any atom is -0.422 e. The van der Waals surface area contributed by atoms with Crippen molar-refractivity contribution in [1.82, 2.24) is 9.97 Å². The third-order valence-electron chi connectivity index (χ3n) is 3.23. The van der Waals surface area contributed by atoms with Gasteiger partial charge in [-0.15, -0.1) is 11.3 Å². The zero-order chi connectivity index (χ0) is 14.4. The summed E-state index contributed by atoms with van der Waals surface area (Å²) in [7, 11) is 0. The van der Waals surface area contributed by atoms with Crippen LogP contribution in [0.4, 0.5) is 5.82 Å². The number of nitrogen functional groups attached to an aromatic ring is 1. The number of para-hydroxylation sites is 1. The lowest BCUT2D eigenvalue weighted by Gasteiger charge is -2.05. The highest BCUT2D eigenvalue weighted by molar-refractivity contribution is 7.13. The van der Waals surface area contributed by atoms with Crippen molar-refractivity contribution < 1.29 is 4.42 Å². The summed E-state index contributed by atoms with van der Waals surface area (Å²) in [6, 6.07) is 11.1. The van der Waals surface area contributed by atoms with Crippen LogP contribution in [-0.4, -0.2) is 9.97 Å². The number of hydrogen-bond acceptors (Lipinski definition) is 6. The van der Waals surface area contributed by atoms with Gasteiger partial charge in [0.15, 0.2) is 5.82 Å². The van der Waals surface area contributed by atoms with E-state index in [4.69, 9.17) is 10.2 Å². The van der Waals surface area contributed by atoms with E-state index in [1.54, 1.807) is 6.07 Å². The Bertz CT molecular complexity index is 1020. The van der Waals surface area contributed by atoms with E-state index in [-0.39, 0.29) is 11.2 Å². The zero-order valence-electron chi connectivity index (χ0n) is 10.7. The van der Waals surface area contributed by atoms with Crippen molar-refractivity contribution in [2.45, 2.75) is 0 Å². The van der Waals surface area contributed by atoms with E-state index < -0.39 is 5.63 Å². The Morgan fingerprint density at radius 3 is 2.76 bits per heavy atom. The standard InChI is InChI=1S/C15H9N3O2S/c16-13-11-12(17-14(18-13)10-6-3-7-21-10)8-4-1-2-5-9(8)20-15(11)19/h1-7H,(H2,16,17,18). The predicted molar refractivity (Wildman–Crippen MR) is 83.3 cm³/mol. The van der Waals surface area contributed by atoms with Gasteiger partial charge in [-0.1, -0.05) is 18.2 Å². The van der Waals surface area contributed by atoms with Crippen molar-refractivity contribution in [3.63, 3.8) is 0 Å². The van der Waals surface area contributed by atoms with E-state index in [1.165, 1.54) is 11.3 Å². The van der Waals surface area contributed by atoms with Crippen LogP contribution in [0.15, 0.2) is 51.0 Å². The first-order valence-electron chi connectivity index (χ1n) is 6.27. The maximum atomic E-state index is 12.1. The molecule has 0 atom stereocenters. The summed E-state index contributed by atoms with van der Waals surface area (Å²) < 4.78 is 5.27. The van der Waals surface area contributed by atoms with Crippen LogP contribution in [-0.2, 0) is 0 Å². The maximum Gasteiger partial charge on any atom is 0.349 e. The van der Waals surface area contributed by atoms with Crippen molar-refractivity contribution in [2.75, 3.05) is 5.73 Å². The molecule has 2 N–H and O–H groups in total. The molecule has 0 amide bonds. The van der Waals surface area contributed by atoms with Gasteiger partial charge in [0.05, 0.1) is 10.4 Å². The maximum absolute atomic E-state index is 12.1. The highest BCUT2D eigenvalue weighted by Gasteiger charge is 2.15. The van der Waals surface area contributed by atoms with Crippen LogP contribution in [0.3, 0.4) is 0 Å². The number of hydrogen-bond donors (Lipinski definition) is 1. The molecule has 0 fully saturated rings. The van der Waals surface area contributed by atoms with Gasteiger partial charge in [0.25, 0.3) is 0 Å². The Hall–Kier alpha value is -2.73. The van der Waals surface area contributed by atoms with E-state index in [0.29, 0.717) is 16.9 Å². The molecule has 0 aliphatic heterocycles. The highest BCUT2D eigenvalue weighted by Crippen LogP contribution is 2.28. The fourth-order valence-electron chi connectivity index (χ4n) is 2.29. The fourth-order valence-corrected chi connectivity index (χ4v) is 2.95. The number of rotatable bonds is 1. The summed E-state index contributed by atoms with van der Waals surface area (Å²) in [6.07, 6.45) is 0. The molecular weight excluding hydrogens is 286 g/mol. The van der Waals surface area contributed by atoms with E-state index in [9.17, 15) is 4.79 Å². The van der Waals surface area contributed by atoms with Gasteiger partial charge in [-0.05, 0) is 23.6 Å². The molecule has 0 aliphatic carbocycles. The smallest absolute Gasteiger partial charge is 0.349 e. The lowest BCUT2D eigenvalue weighted by molar-refractivity contribution is 0.569. The first kappa shape index (κ1) is 12.0. The Labute approximate surface area is 122 Å². The molecular formula is C15H9N3O2S. The van der Waals surface area contributed by atoms with Gasteiger partial charge in [0.1, 0.15) is 16.8 Å². The van der Waals surface area contributed by atoms with Gasteiger partial charge in [-0.2, -0.15) is 0 Å². The molecule has 6 heteroatoms. The number of nitrogens with zero attached hydrogens (tertiary/aromatic N) is 2. The Kier molecular flexibility index (Phi) is 2.52. The van der Waals surface area contributed by atoms with Crippen molar-refractivity contribution in [2.24, 2.45) is 0 Å². The molecule has 4 rings (SSSR count). The van der Waals surface area contributed by atoms with Crippen molar-refractivity contribution in [1.29, 1.82) is 0 Å². The lowest BCUT2D eigenvalue weighted by atomic mass is 10.1. The van der Waals surface area contributed by atoms with Crippen LogP contribution in [0.2, 0.25) is 0 Å². The molecule has 0 saturated heterocycles. The first-order valence-corrected chi connectivity index (χ1v) is 7.15. The molecule has 3 heterocycles. The average Bonchev–Trinajstić information content (AvgIpc) is 3.01. The van der Waals surface area contributed by atoms with Gasteiger partial charge >= 0.3 is 5.63 Å². The van der Waals surface area contributed by atoms with Crippen LogP contribution in [0.5, 0.6) is 0 Å². The SMILES string of the molecule is Nc1nc(-c2cccs2)nc2c1c(=O)oc1ccccc12. The first-order chi connectivity index (χ1) is 10.2. The normalized spacial score (nSPS) is 11.2. The predicted octanol–water partition coefficient (Wildman–Crippen LogP) is 3.05. The fraction of sp³-hybridized carbons (Fsp3) is 0. The van der Waals surface area contributed by atoms with Crippen LogP contribution in [0, 0.1) is 0 Å². The Morgan fingerprint density at radius 2 is 1.95 bits per heavy atom. The number of anilines is 1. The molecule has 4 aromatic rings. The Morgan fingerprint density at radius 1 is 1.10 bits per heavy atom. The number of benzene rings is 1. The number of thiophene rings is 1. The van der Waals surface area contributed by atoms with Gasteiger partial charge in [-0.25, -0.2) is 14.8 Å². The Balaban J connectivity index is 2.20. The molecule has 0 bridgehead atoms. The lowest BCUT2D eigenvalue weighted by Crippen LogP contribution is -2.07. The molecule has 0 saturated carbocycles. The van der Waals surface area contributed by atoms with Crippen LogP contribution >= 0.6 is 11.3 Å². The zero-order valence-corrected chi connectivity index (χ0v) is 11.6. The van der Waals surface area contributed by atoms with Crippen LogP contribution < -0.4 is 11.4 Å². The summed E-state index contributed by atoms with van der Waals surface area (Å²) in [5, 5.41) is 2.92. The number of aromatic nitrogens is 2. The molecule has 5 nitrogen and oxygen atoms in total. The molecule has 21 heavy (non-hydrogen) atoms. The van der Waals surface area contributed by atoms with Crippen LogP contribution in [0.25, 0.3) is 32.6 Å². The van der Waals surface area contributed by atoms with E-state index in [1.807, 2.05) is 35.7 Å². The van der Waals surface area contributed by atoms with Gasteiger partial charge in [-0.3, -0.25) is 0 Å². The van der Waals surface area contributed by atoms with Gasteiger partial charge < -0.3 is 10.2 Å². The minimum absolute atomic E-state index is 0.142. The quantitative estimate of drug-likeness (QED) is 0.431. The third kappa shape index (κ3) is 1.80. The molecule has 0 spiro atoms. The van der Waals surface area contributed by atoms with Gasteiger partial charge in [0, 0.05) is 5.39 Å². The van der Waals surface area contributed by atoms with E-state index in [0.717, 1.165) is 10.3 Å². The molecule has 0 unspecified atom stereocenters. The second-order valence-corrected chi connectivity index (χ2v) is 5.47. The van der Waals surface area contributed by atoms with Crippen molar-refractivity contribution >= 4 is 39.0 Å². The third-order valence-corrected chi connectivity index (χ3v) is 4.09. The second-order valence-electron chi connectivity index (χ2n) is 4.52. The van der Waals surface area contributed by atoms with E-state index in [2.05, 4.69) is 9.97 Å². The summed E-state index contributed by atoms with van der Waals surface area (Å²) in [6.45, 7) is 0. The second kappa shape index (κ2) is 4.39. The largest absolute Gasteiger partial charge is 0.422 e. The molecule has 3 aromatic heterocycles. The van der Waals surface area contributed by atoms with E-state index >= 15 is 0 Å². The molecule has 102 valence electrons. The molecule has 0 aliphatic rings. The van der Waals surface area contributed by atoms with Crippen molar-refractivity contribution in [3.8, 4) is 10.7 Å². The topological polar surface area (TPSA) is 82.0 Å². The summed E-state index contributed by atoms with van der Waals surface area (Å²) in [5.41, 5.74) is 6.45. The van der Waals surface area contributed by atoms with Crippen molar-refractivity contribution in [3.05, 3.63) is 52.2 Å².